The summed E-state index contributed by atoms with van der Waals surface area (Å²) in [5.41, 5.74) is -1.34. The first-order valence-electron chi connectivity index (χ1n) is 11.5. The van der Waals surface area contributed by atoms with Crippen molar-refractivity contribution in [2.45, 2.75) is 45.1 Å². The number of carbonyl (C=O) groups excluding carboxylic acids is 3. The van der Waals surface area contributed by atoms with E-state index >= 15 is 0 Å². The molecule has 186 valence electrons. The molecule has 11 heteroatoms. The van der Waals surface area contributed by atoms with Crippen LogP contribution in [0.3, 0.4) is 0 Å². The Morgan fingerprint density at radius 1 is 1.06 bits per heavy atom. The molecular weight excluding hydrogens is 459 g/mol. The molecule has 2 aliphatic rings. The highest BCUT2D eigenvalue weighted by Crippen LogP contribution is 2.23. The quantitative estimate of drug-likeness (QED) is 0.587. The Labute approximate surface area is 200 Å². The van der Waals surface area contributed by atoms with Gasteiger partial charge in [-0.05, 0) is 18.9 Å². The summed E-state index contributed by atoms with van der Waals surface area (Å²) >= 11 is 0. The molecule has 2 bridgehead atoms. The van der Waals surface area contributed by atoms with Crippen molar-refractivity contribution in [1.29, 1.82) is 0 Å². The van der Waals surface area contributed by atoms with E-state index in [-0.39, 0.29) is 31.2 Å². The number of hydrogen-bond acceptors (Lipinski definition) is 6. The highest BCUT2D eigenvalue weighted by Gasteiger charge is 2.35. The molecule has 1 aromatic heterocycles. The molecule has 4 rings (SSSR count). The number of aromatic nitrogens is 1. The van der Waals surface area contributed by atoms with Crippen LogP contribution in [0.4, 0.5) is 4.39 Å². The van der Waals surface area contributed by atoms with E-state index in [1.165, 1.54) is 35.2 Å². The topological polar surface area (TPSA) is 121 Å². The number of amides is 3. The predicted octanol–water partition coefficient (Wildman–Crippen LogP) is 1.86. The van der Waals surface area contributed by atoms with Crippen molar-refractivity contribution in [3.05, 3.63) is 57.3 Å². The standard InChI is InChI=1S/C24H27FN4O6/c1-27-14-29-19(30)7-5-3-2-4-6-10-35-18-11-16(25)9-8-15(18)12-26-23(33)17-13-28(29)20(24(27)34)22(32)21(17)31/h8-9,11,13,32H,2-7,10,12,14H2,1H3,(H,26,33). The van der Waals surface area contributed by atoms with Gasteiger partial charge in [0.1, 0.15) is 23.8 Å². The number of halogens is 1. The first-order valence-corrected chi connectivity index (χ1v) is 11.5. The largest absolute Gasteiger partial charge is 0.502 e. The second kappa shape index (κ2) is 10.2. The number of rotatable bonds is 0. The van der Waals surface area contributed by atoms with Crippen LogP contribution in [-0.2, 0) is 11.3 Å². The molecule has 0 saturated carbocycles. The summed E-state index contributed by atoms with van der Waals surface area (Å²) in [5.74, 6) is -2.87. The Balaban J connectivity index is 1.73. The molecule has 0 aliphatic carbocycles. The number of fused-ring (bicyclic) bond motifs is 2. The first kappa shape index (κ1) is 24.2. The lowest BCUT2D eigenvalue weighted by Crippen LogP contribution is -2.55. The third-order valence-corrected chi connectivity index (χ3v) is 6.11. The maximum Gasteiger partial charge on any atom is 0.277 e. The Morgan fingerprint density at radius 2 is 1.80 bits per heavy atom. The van der Waals surface area contributed by atoms with E-state index in [1.807, 2.05) is 0 Å². The van der Waals surface area contributed by atoms with Crippen LogP contribution in [-0.4, -0.2) is 52.7 Å². The summed E-state index contributed by atoms with van der Waals surface area (Å²) in [5, 5.41) is 14.4. The first-order chi connectivity index (χ1) is 16.8. The average molecular weight is 487 g/mol. The number of carbonyl (C=O) groups is 3. The van der Waals surface area contributed by atoms with Crippen LogP contribution in [0.25, 0.3) is 0 Å². The van der Waals surface area contributed by atoms with Gasteiger partial charge in [0.2, 0.25) is 11.3 Å². The van der Waals surface area contributed by atoms with Crippen molar-refractivity contribution in [2.75, 3.05) is 25.3 Å². The zero-order valence-electron chi connectivity index (χ0n) is 19.4. The van der Waals surface area contributed by atoms with Gasteiger partial charge in [0.15, 0.2) is 11.4 Å². The molecule has 0 radical (unpaired) electrons. The van der Waals surface area contributed by atoms with E-state index in [0.29, 0.717) is 24.3 Å². The van der Waals surface area contributed by atoms with Crippen molar-refractivity contribution in [3.8, 4) is 11.5 Å². The van der Waals surface area contributed by atoms with Crippen LogP contribution >= 0.6 is 0 Å². The summed E-state index contributed by atoms with van der Waals surface area (Å²) in [4.78, 5) is 52.6. The third kappa shape index (κ3) is 4.98. The molecule has 0 unspecified atom stereocenters. The minimum atomic E-state index is -1.03. The number of hydrogen-bond donors (Lipinski definition) is 2. The van der Waals surface area contributed by atoms with Gasteiger partial charge in [0, 0.05) is 37.8 Å². The summed E-state index contributed by atoms with van der Waals surface area (Å²) < 4.78 is 20.6. The maximum absolute atomic E-state index is 13.8. The normalized spacial score (nSPS) is 17.7. The summed E-state index contributed by atoms with van der Waals surface area (Å²) in [6, 6.07) is 3.96. The van der Waals surface area contributed by atoms with E-state index in [0.717, 1.165) is 36.6 Å². The van der Waals surface area contributed by atoms with Gasteiger partial charge in [-0.25, -0.2) is 14.1 Å². The number of ether oxygens (including phenoxy) is 1. The Kier molecular flexibility index (Phi) is 7.04. The zero-order valence-corrected chi connectivity index (χ0v) is 19.4. The lowest BCUT2D eigenvalue weighted by molar-refractivity contribution is -0.120. The summed E-state index contributed by atoms with van der Waals surface area (Å²) in [7, 11) is 1.46. The second-order valence-electron chi connectivity index (χ2n) is 8.65. The van der Waals surface area contributed by atoms with Crippen LogP contribution in [0.5, 0.6) is 11.5 Å². The van der Waals surface area contributed by atoms with Gasteiger partial charge in [0.25, 0.3) is 11.8 Å². The number of aromatic hydroxyl groups is 1. The van der Waals surface area contributed by atoms with Gasteiger partial charge in [0.05, 0.1) is 6.61 Å². The van der Waals surface area contributed by atoms with Crippen molar-refractivity contribution in [1.82, 2.24) is 14.9 Å². The SMILES string of the molecule is CN1CN2C(=O)CCCCCCCOc3cc(F)ccc3CNC(=O)c3cn2c(c(O)c3=O)C1=O. The molecule has 2 aromatic rings. The van der Waals surface area contributed by atoms with Crippen LogP contribution < -0.4 is 20.5 Å². The molecule has 3 amide bonds. The lowest BCUT2D eigenvalue weighted by atomic mass is 10.1. The number of nitrogens with zero attached hydrogens (tertiary/aromatic N) is 3. The van der Waals surface area contributed by atoms with Crippen molar-refractivity contribution in [3.63, 3.8) is 0 Å². The van der Waals surface area contributed by atoms with Crippen molar-refractivity contribution in [2.24, 2.45) is 0 Å². The third-order valence-electron chi connectivity index (χ3n) is 6.11. The number of nitrogens with one attached hydrogen (secondary N) is 1. The molecule has 0 spiro atoms. The molecule has 0 atom stereocenters. The van der Waals surface area contributed by atoms with Gasteiger partial charge in [-0.2, -0.15) is 0 Å². The number of benzene rings is 1. The smallest absolute Gasteiger partial charge is 0.277 e. The van der Waals surface area contributed by atoms with Crippen LogP contribution in [0.1, 0.15) is 64.9 Å². The maximum atomic E-state index is 13.8. The van der Waals surface area contributed by atoms with E-state index in [2.05, 4.69) is 5.32 Å². The van der Waals surface area contributed by atoms with Crippen LogP contribution in [0, 0.1) is 5.82 Å². The summed E-state index contributed by atoms with van der Waals surface area (Å²) in [6.45, 7) is 0.211. The fourth-order valence-corrected chi connectivity index (χ4v) is 4.15. The molecule has 35 heavy (non-hydrogen) atoms. The highest BCUT2D eigenvalue weighted by atomic mass is 19.1. The molecule has 0 saturated heterocycles. The number of pyridine rings is 1. The predicted molar refractivity (Wildman–Crippen MR) is 123 cm³/mol. The zero-order chi connectivity index (χ0) is 25.1. The minimum Gasteiger partial charge on any atom is -0.502 e. The van der Waals surface area contributed by atoms with E-state index in [4.69, 9.17) is 4.74 Å². The molecule has 0 fully saturated rings. The molecule has 10 nitrogen and oxygen atoms in total. The summed E-state index contributed by atoms with van der Waals surface area (Å²) in [6.07, 6.45) is 5.21. The van der Waals surface area contributed by atoms with Crippen molar-refractivity contribution >= 4 is 17.7 Å². The van der Waals surface area contributed by atoms with Crippen LogP contribution in [0.2, 0.25) is 0 Å². The fourth-order valence-electron chi connectivity index (χ4n) is 4.15. The fraction of sp³-hybridized carbons (Fsp3) is 0.417. The van der Waals surface area contributed by atoms with Gasteiger partial charge in [-0.1, -0.05) is 25.3 Å². The Hall–Kier alpha value is -3.89. The van der Waals surface area contributed by atoms with Gasteiger partial charge in [-0.3, -0.25) is 19.2 Å². The molecule has 1 aromatic carbocycles. The van der Waals surface area contributed by atoms with E-state index < -0.39 is 34.4 Å². The highest BCUT2D eigenvalue weighted by molar-refractivity contribution is 6.01. The van der Waals surface area contributed by atoms with Gasteiger partial charge < -0.3 is 20.1 Å². The average Bonchev–Trinajstić information content (AvgIpc) is 2.83. The minimum absolute atomic E-state index is 0.0687. The second-order valence-corrected chi connectivity index (χ2v) is 8.65. The van der Waals surface area contributed by atoms with Crippen molar-refractivity contribution < 1.29 is 28.6 Å². The Bertz CT molecular complexity index is 1230. The monoisotopic (exact) mass is 486 g/mol. The molecule has 2 aliphatic heterocycles. The van der Waals surface area contributed by atoms with Crippen LogP contribution in [0.15, 0.2) is 29.2 Å². The lowest BCUT2D eigenvalue weighted by Gasteiger charge is -2.36. The van der Waals surface area contributed by atoms with E-state index in [9.17, 15) is 28.7 Å². The van der Waals surface area contributed by atoms with Gasteiger partial charge in [-0.15, -0.1) is 0 Å². The van der Waals surface area contributed by atoms with E-state index in [1.54, 1.807) is 0 Å². The molecule has 2 N–H and O–H groups in total. The van der Waals surface area contributed by atoms with Gasteiger partial charge >= 0.3 is 0 Å². The molecular formula is C24H27FN4O6. The Morgan fingerprint density at radius 3 is 2.60 bits per heavy atom. The molecule has 3 heterocycles.